The zero-order valence-corrected chi connectivity index (χ0v) is 10.2. The van der Waals surface area contributed by atoms with Crippen molar-refractivity contribution in [3.05, 3.63) is 33.0 Å². The zero-order valence-electron chi connectivity index (χ0n) is 8.56. The third-order valence-corrected chi connectivity index (χ3v) is 3.13. The molecule has 1 atom stereocenters. The average Bonchev–Trinajstić information content (AvgIpc) is 2.15. The molecule has 0 saturated heterocycles. The number of aliphatic hydroxyl groups is 1. The van der Waals surface area contributed by atoms with Crippen LogP contribution in [0.1, 0.15) is 29.5 Å². The highest BCUT2D eigenvalue weighted by Crippen LogP contribution is 2.30. The summed E-state index contributed by atoms with van der Waals surface area (Å²) in [4.78, 5) is 0. The summed E-state index contributed by atoms with van der Waals surface area (Å²) < 4.78 is 14.2. The van der Waals surface area contributed by atoms with Crippen LogP contribution in [-0.4, -0.2) is 11.7 Å². The second kappa shape index (κ2) is 4.41. The fourth-order valence-electron chi connectivity index (χ4n) is 1.54. The fourth-order valence-corrected chi connectivity index (χ4v) is 2.10. The van der Waals surface area contributed by atoms with Gasteiger partial charge in [-0.3, -0.25) is 0 Å². The molecule has 0 heterocycles. The molecule has 1 aromatic rings. The third kappa shape index (κ3) is 1.98. The van der Waals surface area contributed by atoms with Crippen LogP contribution >= 0.6 is 15.9 Å². The summed E-state index contributed by atoms with van der Waals surface area (Å²) in [6.07, 6.45) is 0. The quantitative estimate of drug-likeness (QED) is 0.866. The first kappa shape index (κ1) is 11.7. The van der Waals surface area contributed by atoms with Gasteiger partial charge in [-0.05, 0) is 52.5 Å². The SMILES string of the molecule is Cc1cc(Br)c(F)c(C(C)CO)c1C. The predicted octanol–water partition coefficient (Wildman–Crippen LogP) is 3.30. The van der Waals surface area contributed by atoms with Crippen LogP contribution in [0.15, 0.2) is 10.5 Å². The minimum atomic E-state index is -0.255. The van der Waals surface area contributed by atoms with Gasteiger partial charge in [-0.25, -0.2) is 4.39 Å². The van der Waals surface area contributed by atoms with Crippen molar-refractivity contribution < 1.29 is 9.50 Å². The predicted molar refractivity (Wildman–Crippen MR) is 59.1 cm³/mol. The second-order valence-corrected chi connectivity index (χ2v) is 4.47. The van der Waals surface area contributed by atoms with Crippen LogP contribution < -0.4 is 0 Å². The topological polar surface area (TPSA) is 20.2 Å². The molecule has 0 radical (unpaired) electrons. The van der Waals surface area contributed by atoms with Crippen molar-refractivity contribution >= 4 is 15.9 Å². The van der Waals surface area contributed by atoms with E-state index in [-0.39, 0.29) is 18.3 Å². The van der Waals surface area contributed by atoms with Crippen molar-refractivity contribution in [3.8, 4) is 0 Å². The van der Waals surface area contributed by atoms with Crippen LogP contribution in [-0.2, 0) is 0 Å². The van der Waals surface area contributed by atoms with Crippen LogP contribution in [0.5, 0.6) is 0 Å². The molecule has 0 amide bonds. The molecule has 1 aromatic carbocycles. The Labute approximate surface area is 92.1 Å². The van der Waals surface area contributed by atoms with Gasteiger partial charge in [0.25, 0.3) is 0 Å². The molecule has 1 unspecified atom stereocenters. The van der Waals surface area contributed by atoms with Gasteiger partial charge in [0.15, 0.2) is 0 Å². The fraction of sp³-hybridized carbons (Fsp3) is 0.455. The van der Waals surface area contributed by atoms with Gasteiger partial charge in [0.1, 0.15) is 5.82 Å². The number of aryl methyl sites for hydroxylation is 1. The summed E-state index contributed by atoms with van der Waals surface area (Å²) in [5, 5.41) is 9.04. The molecule has 0 aliphatic heterocycles. The molecule has 0 saturated carbocycles. The lowest BCUT2D eigenvalue weighted by molar-refractivity contribution is 0.270. The Balaban J connectivity index is 3.39. The standard InChI is InChI=1S/C11H14BrFO/c1-6-4-9(12)11(13)10(8(6)3)7(2)5-14/h4,7,14H,5H2,1-3H3. The highest BCUT2D eigenvalue weighted by molar-refractivity contribution is 9.10. The molecule has 3 heteroatoms. The Kier molecular flexibility index (Phi) is 3.67. The van der Waals surface area contributed by atoms with Gasteiger partial charge < -0.3 is 5.11 Å². The summed E-state index contributed by atoms with van der Waals surface area (Å²) in [6.45, 7) is 5.60. The van der Waals surface area contributed by atoms with E-state index in [9.17, 15) is 4.39 Å². The lowest BCUT2D eigenvalue weighted by Crippen LogP contribution is -2.06. The molecule has 1 nitrogen and oxygen atoms in total. The monoisotopic (exact) mass is 260 g/mol. The summed E-state index contributed by atoms with van der Waals surface area (Å²) in [5.74, 6) is -0.416. The van der Waals surface area contributed by atoms with Crippen LogP contribution in [0.25, 0.3) is 0 Å². The molecule has 14 heavy (non-hydrogen) atoms. The van der Waals surface area contributed by atoms with Gasteiger partial charge in [-0.2, -0.15) is 0 Å². The normalized spacial score (nSPS) is 13.0. The van der Waals surface area contributed by atoms with Crippen LogP contribution in [0, 0.1) is 19.7 Å². The van der Waals surface area contributed by atoms with Gasteiger partial charge in [-0.1, -0.05) is 6.92 Å². The molecule has 1 N–H and O–H groups in total. The maximum atomic E-state index is 13.7. The molecule has 0 aliphatic carbocycles. The lowest BCUT2D eigenvalue weighted by atomic mass is 9.93. The number of rotatable bonds is 2. The van der Waals surface area contributed by atoms with Crippen molar-refractivity contribution in [2.75, 3.05) is 6.61 Å². The highest BCUT2D eigenvalue weighted by Gasteiger charge is 2.17. The largest absolute Gasteiger partial charge is 0.396 e. The van der Waals surface area contributed by atoms with Crippen molar-refractivity contribution in [3.63, 3.8) is 0 Å². The van der Waals surface area contributed by atoms with Gasteiger partial charge in [0, 0.05) is 12.5 Å². The van der Waals surface area contributed by atoms with E-state index in [1.807, 2.05) is 20.8 Å². The smallest absolute Gasteiger partial charge is 0.141 e. The van der Waals surface area contributed by atoms with Crippen LogP contribution in [0.3, 0.4) is 0 Å². The molecule has 0 aromatic heterocycles. The third-order valence-electron chi connectivity index (χ3n) is 2.55. The van der Waals surface area contributed by atoms with Crippen molar-refractivity contribution in [2.24, 2.45) is 0 Å². The number of aliphatic hydroxyl groups excluding tert-OH is 1. The van der Waals surface area contributed by atoms with Crippen LogP contribution in [0.2, 0.25) is 0 Å². The van der Waals surface area contributed by atoms with Crippen LogP contribution in [0.4, 0.5) is 4.39 Å². The molecule has 0 fully saturated rings. The Bertz CT molecular complexity index is 323. The molecule has 0 spiro atoms. The van der Waals surface area contributed by atoms with Crippen molar-refractivity contribution in [1.29, 1.82) is 0 Å². The highest BCUT2D eigenvalue weighted by atomic mass is 79.9. The summed E-state index contributed by atoms with van der Waals surface area (Å²) >= 11 is 3.17. The van der Waals surface area contributed by atoms with E-state index in [0.29, 0.717) is 10.0 Å². The molecule has 78 valence electrons. The van der Waals surface area contributed by atoms with Crippen molar-refractivity contribution in [2.45, 2.75) is 26.7 Å². The van der Waals surface area contributed by atoms with Gasteiger partial charge in [0.05, 0.1) is 4.47 Å². The molecule has 0 aliphatic rings. The van der Waals surface area contributed by atoms with Gasteiger partial charge in [-0.15, -0.1) is 0 Å². The lowest BCUT2D eigenvalue weighted by Gasteiger charge is -2.16. The van der Waals surface area contributed by atoms with E-state index < -0.39 is 0 Å². The number of benzene rings is 1. The van der Waals surface area contributed by atoms with E-state index in [1.54, 1.807) is 6.07 Å². The molecular weight excluding hydrogens is 247 g/mol. The van der Waals surface area contributed by atoms with E-state index in [4.69, 9.17) is 5.11 Å². The summed E-state index contributed by atoms with van der Waals surface area (Å²) in [7, 11) is 0. The number of halogens is 2. The Morgan fingerprint density at radius 3 is 2.57 bits per heavy atom. The first-order chi connectivity index (χ1) is 6.49. The molecule has 1 rings (SSSR count). The van der Waals surface area contributed by atoms with Gasteiger partial charge in [0.2, 0.25) is 0 Å². The Morgan fingerprint density at radius 1 is 1.50 bits per heavy atom. The van der Waals surface area contributed by atoms with Gasteiger partial charge >= 0.3 is 0 Å². The number of hydrogen-bond donors (Lipinski definition) is 1. The first-order valence-electron chi connectivity index (χ1n) is 4.55. The van der Waals surface area contributed by atoms with E-state index in [2.05, 4.69) is 15.9 Å². The zero-order chi connectivity index (χ0) is 10.9. The minimum absolute atomic E-state index is 0.0341. The summed E-state index contributed by atoms with van der Waals surface area (Å²) in [6, 6.07) is 1.76. The molecule has 0 bridgehead atoms. The van der Waals surface area contributed by atoms with E-state index in [0.717, 1.165) is 11.1 Å². The van der Waals surface area contributed by atoms with Crippen molar-refractivity contribution in [1.82, 2.24) is 0 Å². The van der Waals surface area contributed by atoms with E-state index in [1.165, 1.54) is 0 Å². The van der Waals surface area contributed by atoms with E-state index >= 15 is 0 Å². The molecular formula is C11H14BrFO. The Hall–Kier alpha value is -0.410. The maximum absolute atomic E-state index is 13.7. The first-order valence-corrected chi connectivity index (χ1v) is 5.34. The average molecular weight is 261 g/mol. The Morgan fingerprint density at radius 2 is 2.07 bits per heavy atom. The minimum Gasteiger partial charge on any atom is -0.396 e. The maximum Gasteiger partial charge on any atom is 0.141 e. The summed E-state index contributed by atoms with van der Waals surface area (Å²) in [5.41, 5.74) is 2.57. The number of hydrogen-bond acceptors (Lipinski definition) is 1. The second-order valence-electron chi connectivity index (χ2n) is 3.61.